The van der Waals surface area contributed by atoms with Crippen LogP contribution in [0.1, 0.15) is 5.69 Å². The molecule has 0 amide bonds. The van der Waals surface area contributed by atoms with Crippen molar-refractivity contribution in [1.82, 2.24) is 10.2 Å². The van der Waals surface area contributed by atoms with Crippen LogP contribution in [0, 0.1) is 6.92 Å². The van der Waals surface area contributed by atoms with E-state index in [2.05, 4.69) is 10.2 Å². The van der Waals surface area contributed by atoms with E-state index in [0.29, 0.717) is 19.0 Å². The van der Waals surface area contributed by atoms with Gasteiger partial charge in [-0.25, -0.2) is 0 Å². The molecule has 0 aromatic carbocycles. The molecule has 0 bridgehead atoms. The summed E-state index contributed by atoms with van der Waals surface area (Å²) in [5, 5.41) is 6.61. The smallest absolute Gasteiger partial charge is 0.232 e. The third kappa shape index (κ3) is 1.73. The van der Waals surface area contributed by atoms with Gasteiger partial charge in [0.05, 0.1) is 0 Å². The zero-order chi connectivity index (χ0) is 7.40. The SMILES string of the molecule is Cc1cc(OCCN)n[nH]1. The predicted molar refractivity (Wildman–Crippen MR) is 37.9 cm³/mol. The molecule has 0 fully saturated rings. The van der Waals surface area contributed by atoms with Crippen LogP contribution in [0.5, 0.6) is 5.88 Å². The number of hydrogen-bond acceptors (Lipinski definition) is 3. The Balaban J connectivity index is 2.42. The van der Waals surface area contributed by atoms with Gasteiger partial charge in [0.1, 0.15) is 6.61 Å². The van der Waals surface area contributed by atoms with Crippen molar-refractivity contribution in [2.75, 3.05) is 13.2 Å². The molecule has 0 unspecified atom stereocenters. The highest BCUT2D eigenvalue weighted by molar-refractivity contribution is 5.11. The largest absolute Gasteiger partial charge is 0.475 e. The van der Waals surface area contributed by atoms with Crippen LogP contribution >= 0.6 is 0 Å². The van der Waals surface area contributed by atoms with Gasteiger partial charge in [-0.1, -0.05) is 0 Å². The van der Waals surface area contributed by atoms with Gasteiger partial charge in [-0.05, 0) is 6.92 Å². The van der Waals surface area contributed by atoms with E-state index >= 15 is 0 Å². The quantitative estimate of drug-likeness (QED) is 0.625. The third-order valence-corrected chi connectivity index (χ3v) is 1.05. The van der Waals surface area contributed by atoms with Crippen molar-refractivity contribution in [3.63, 3.8) is 0 Å². The number of aromatic amines is 1. The molecule has 3 N–H and O–H groups in total. The molecule has 1 aromatic rings. The zero-order valence-corrected chi connectivity index (χ0v) is 5.92. The lowest BCUT2D eigenvalue weighted by Gasteiger charge is -1.96. The van der Waals surface area contributed by atoms with E-state index in [1.54, 1.807) is 0 Å². The van der Waals surface area contributed by atoms with E-state index in [1.165, 1.54) is 0 Å². The highest BCUT2D eigenvalue weighted by Crippen LogP contribution is 2.05. The molecule has 1 heterocycles. The Hall–Kier alpha value is -1.03. The summed E-state index contributed by atoms with van der Waals surface area (Å²) in [5.74, 6) is 0.614. The van der Waals surface area contributed by atoms with Gasteiger partial charge >= 0.3 is 0 Å². The second-order valence-electron chi connectivity index (χ2n) is 2.03. The molecule has 0 spiro atoms. The van der Waals surface area contributed by atoms with Crippen LogP contribution in [0.3, 0.4) is 0 Å². The molecule has 0 atom stereocenters. The summed E-state index contributed by atoms with van der Waals surface area (Å²) < 4.78 is 5.11. The van der Waals surface area contributed by atoms with Crippen molar-refractivity contribution in [2.24, 2.45) is 5.73 Å². The first-order chi connectivity index (χ1) is 4.83. The number of aryl methyl sites for hydroxylation is 1. The predicted octanol–water partition coefficient (Wildman–Crippen LogP) is 0.0556. The van der Waals surface area contributed by atoms with Crippen LogP contribution in [0.15, 0.2) is 6.07 Å². The van der Waals surface area contributed by atoms with E-state index in [4.69, 9.17) is 10.5 Å². The topological polar surface area (TPSA) is 63.9 Å². The maximum Gasteiger partial charge on any atom is 0.232 e. The molecule has 1 aromatic heterocycles. The first-order valence-electron chi connectivity index (χ1n) is 3.18. The Morgan fingerprint density at radius 2 is 2.60 bits per heavy atom. The number of H-pyrrole nitrogens is 1. The van der Waals surface area contributed by atoms with E-state index < -0.39 is 0 Å². The number of nitrogens with two attached hydrogens (primary N) is 1. The monoisotopic (exact) mass is 141 g/mol. The van der Waals surface area contributed by atoms with Crippen LogP contribution in [0.25, 0.3) is 0 Å². The molecular weight excluding hydrogens is 130 g/mol. The number of nitrogens with zero attached hydrogens (tertiary/aromatic N) is 1. The Bertz CT molecular complexity index is 197. The molecule has 0 aliphatic rings. The molecule has 4 heteroatoms. The van der Waals surface area contributed by atoms with Gasteiger partial charge in [0.2, 0.25) is 5.88 Å². The second kappa shape index (κ2) is 3.22. The summed E-state index contributed by atoms with van der Waals surface area (Å²) in [6, 6.07) is 1.83. The molecule has 0 saturated carbocycles. The first-order valence-corrected chi connectivity index (χ1v) is 3.18. The molecular formula is C6H11N3O. The van der Waals surface area contributed by atoms with Gasteiger partial charge in [-0.15, -0.1) is 5.10 Å². The molecule has 0 radical (unpaired) electrons. The van der Waals surface area contributed by atoms with Crippen molar-refractivity contribution in [3.05, 3.63) is 11.8 Å². The van der Waals surface area contributed by atoms with Crippen molar-refractivity contribution in [2.45, 2.75) is 6.92 Å². The lowest BCUT2D eigenvalue weighted by atomic mass is 10.5. The minimum Gasteiger partial charge on any atom is -0.475 e. The van der Waals surface area contributed by atoms with Gasteiger partial charge in [-0.2, -0.15) is 0 Å². The van der Waals surface area contributed by atoms with Crippen LogP contribution in [0.2, 0.25) is 0 Å². The van der Waals surface area contributed by atoms with Gasteiger partial charge in [0, 0.05) is 18.3 Å². The number of nitrogens with one attached hydrogen (secondary N) is 1. The van der Waals surface area contributed by atoms with Gasteiger partial charge in [0.15, 0.2) is 0 Å². The van der Waals surface area contributed by atoms with Gasteiger partial charge < -0.3 is 10.5 Å². The molecule has 56 valence electrons. The Labute approximate surface area is 59.4 Å². The molecule has 0 aliphatic heterocycles. The van der Waals surface area contributed by atoms with Crippen molar-refractivity contribution in [1.29, 1.82) is 0 Å². The summed E-state index contributed by atoms with van der Waals surface area (Å²) >= 11 is 0. The first kappa shape index (κ1) is 7.08. The summed E-state index contributed by atoms with van der Waals surface area (Å²) in [6.45, 7) is 2.96. The summed E-state index contributed by atoms with van der Waals surface area (Å²) in [5.41, 5.74) is 6.21. The van der Waals surface area contributed by atoms with Gasteiger partial charge in [-0.3, -0.25) is 5.10 Å². The highest BCUT2D eigenvalue weighted by atomic mass is 16.5. The molecule has 0 aliphatic carbocycles. The third-order valence-electron chi connectivity index (χ3n) is 1.05. The second-order valence-corrected chi connectivity index (χ2v) is 2.03. The lowest BCUT2D eigenvalue weighted by Crippen LogP contribution is -2.10. The summed E-state index contributed by atoms with van der Waals surface area (Å²) in [6.07, 6.45) is 0. The minimum atomic E-state index is 0.518. The van der Waals surface area contributed by atoms with Crippen LogP contribution in [-0.2, 0) is 0 Å². The van der Waals surface area contributed by atoms with Crippen LogP contribution in [0.4, 0.5) is 0 Å². The minimum absolute atomic E-state index is 0.518. The van der Waals surface area contributed by atoms with Crippen molar-refractivity contribution in [3.8, 4) is 5.88 Å². The fourth-order valence-corrected chi connectivity index (χ4v) is 0.630. The fourth-order valence-electron chi connectivity index (χ4n) is 0.630. The zero-order valence-electron chi connectivity index (χ0n) is 5.92. The molecule has 4 nitrogen and oxygen atoms in total. The average molecular weight is 141 g/mol. The van der Waals surface area contributed by atoms with E-state index in [9.17, 15) is 0 Å². The molecule has 10 heavy (non-hydrogen) atoms. The van der Waals surface area contributed by atoms with Crippen LogP contribution in [-0.4, -0.2) is 23.3 Å². The maximum atomic E-state index is 5.22. The Morgan fingerprint density at radius 1 is 1.80 bits per heavy atom. The fraction of sp³-hybridized carbons (Fsp3) is 0.500. The number of aromatic nitrogens is 2. The van der Waals surface area contributed by atoms with Crippen molar-refractivity contribution < 1.29 is 4.74 Å². The normalized spacial score (nSPS) is 9.80. The lowest BCUT2D eigenvalue weighted by molar-refractivity contribution is 0.315. The molecule has 1 rings (SSSR count). The maximum absolute atomic E-state index is 5.22. The summed E-state index contributed by atoms with van der Waals surface area (Å²) in [7, 11) is 0. The van der Waals surface area contributed by atoms with Gasteiger partial charge in [0.25, 0.3) is 0 Å². The Morgan fingerprint density at radius 3 is 3.10 bits per heavy atom. The van der Waals surface area contributed by atoms with Crippen molar-refractivity contribution >= 4 is 0 Å². The average Bonchev–Trinajstić information content (AvgIpc) is 2.31. The number of rotatable bonds is 3. The van der Waals surface area contributed by atoms with E-state index in [0.717, 1.165) is 5.69 Å². The van der Waals surface area contributed by atoms with Crippen LogP contribution < -0.4 is 10.5 Å². The Kier molecular flexibility index (Phi) is 2.28. The van der Waals surface area contributed by atoms with E-state index in [-0.39, 0.29) is 0 Å². The highest BCUT2D eigenvalue weighted by Gasteiger charge is 1.95. The summed E-state index contributed by atoms with van der Waals surface area (Å²) in [4.78, 5) is 0. The number of ether oxygens (including phenoxy) is 1. The van der Waals surface area contributed by atoms with E-state index in [1.807, 2.05) is 13.0 Å². The standard InChI is InChI=1S/C6H11N3O/c1-5-4-6(9-8-5)10-3-2-7/h4H,2-3,7H2,1H3,(H,8,9). The molecule has 0 saturated heterocycles. The number of hydrogen-bond donors (Lipinski definition) is 2.